The first-order valence-electron chi connectivity index (χ1n) is 4.62. The van der Waals surface area contributed by atoms with Crippen LogP contribution in [0.25, 0.3) is 5.57 Å². The molecule has 1 aliphatic carbocycles. The predicted octanol–water partition coefficient (Wildman–Crippen LogP) is 3.66. The zero-order valence-electron chi connectivity index (χ0n) is 7.89. The molecule has 0 N–H and O–H groups in total. The molecule has 0 atom stereocenters. The monoisotopic (exact) mass is 164 g/mol. The van der Waals surface area contributed by atoms with Gasteiger partial charge in [0.1, 0.15) is 5.76 Å². The number of rotatable bonds is 0. The van der Waals surface area contributed by atoms with Gasteiger partial charge in [0.2, 0.25) is 0 Å². The largest absolute Gasteiger partial charge is 0.469 e. The zero-order chi connectivity index (χ0) is 8.97. The summed E-state index contributed by atoms with van der Waals surface area (Å²) in [5, 5.41) is 0. The number of furan rings is 1. The molecule has 1 aromatic heterocycles. The average molecular weight is 164 g/mol. The van der Waals surface area contributed by atoms with Crippen LogP contribution in [0.3, 0.4) is 0 Å². The molecule has 0 spiro atoms. The fourth-order valence-corrected chi connectivity index (χ4v) is 1.45. The summed E-state index contributed by atoms with van der Waals surface area (Å²) in [5.74, 6) is 1.12. The Balaban J connectivity index is 0.000000336. The fourth-order valence-electron chi connectivity index (χ4n) is 1.45. The zero-order valence-corrected chi connectivity index (χ0v) is 7.89. The van der Waals surface area contributed by atoms with Gasteiger partial charge in [-0.05, 0) is 24.5 Å². The molecule has 0 aromatic carbocycles. The van der Waals surface area contributed by atoms with Crippen molar-refractivity contribution in [2.45, 2.75) is 33.1 Å². The van der Waals surface area contributed by atoms with Crippen molar-refractivity contribution < 1.29 is 4.42 Å². The Kier molecular flexibility index (Phi) is 3.15. The molecule has 0 fully saturated rings. The maximum absolute atomic E-state index is 5.27. The second kappa shape index (κ2) is 4.15. The highest BCUT2D eigenvalue weighted by Gasteiger charge is 2.13. The summed E-state index contributed by atoms with van der Waals surface area (Å²) in [7, 11) is 0. The Hall–Kier alpha value is -0.980. The maximum atomic E-state index is 5.27. The highest BCUT2D eigenvalue weighted by atomic mass is 16.3. The summed E-state index contributed by atoms with van der Waals surface area (Å²) >= 11 is 0. The SMILES string of the molecule is C=C1CCCc2occc21.CC. The third kappa shape index (κ3) is 1.60. The lowest BCUT2D eigenvalue weighted by atomic mass is 9.94. The lowest BCUT2D eigenvalue weighted by Crippen LogP contribution is -1.96. The molecule has 0 saturated carbocycles. The van der Waals surface area contributed by atoms with Crippen LogP contribution < -0.4 is 0 Å². The lowest BCUT2D eigenvalue weighted by molar-refractivity contribution is 0.497. The van der Waals surface area contributed by atoms with Gasteiger partial charge in [-0.25, -0.2) is 0 Å². The van der Waals surface area contributed by atoms with E-state index in [0.717, 1.165) is 18.6 Å². The van der Waals surface area contributed by atoms with Crippen molar-refractivity contribution in [3.05, 3.63) is 30.2 Å². The van der Waals surface area contributed by atoms with Gasteiger partial charge < -0.3 is 4.42 Å². The van der Waals surface area contributed by atoms with Gasteiger partial charge >= 0.3 is 0 Å². The predicted molar refractivity (Wildman–Crippen MR) is 52.0 cm³/mol. The Morgan fingerprint density at radius 1 is 1.33 bits per heavy atom. The van der Waals surface area contributed by atoms with Gasteiger partial charge in [-0.1, -0.05) is 20.4 Å². The molecule has 1 aliphatic rings. The van der Waals surface area contributed by atoms with Crippen molar-refractivity contribution in [2.75, 3.05) is 0 Å². The van der Waals surface area contributed by atoms with Crippen LogP contribution in [-0.2, 0) is 6.42 Å². The van der Waals surface area contributed by atoms with E-state index in [1.54, 1.807) is 6.26 Å². The molecule has 0 unspecified atom stereocenters. The van der Waals surface area contributed by atoms with E-state index >= 15 is 0 Å². The Morgan fingerprint density at radius 3 is 2.75 bits per heavy atom. The standard InChI is InChI=1S/C9H10O.C2H6/c1-7-3-2-4-9-8(7)5-6-10-9;1-2/h5-6H,1-4H2;1-2H3. The van der Waals surface area contributed by atoms with Crippen molar-refractivity contribution in [3.8, 4) is 0 Å². The van der Waals surface area contributed by atoms with Crippen molar-refractivity contribution in [1.82, 2.24) is 0 Å². The van der Waals surface area contributed by atoms with Crippen LogP contribution in [-0.4, -0.2) is 0 Å². The van der Waals surface area contributed by atoms with Crippen LogP contribution in [0.2, 0.25) is 0 Å². The quantitative estimate of drug-likeness (QED) is 0.570. The third-order valence-electron chi connectivity index (χ3n) is 2.01. The fraction of sp³-hybridized carbons (Fsp3) is 0.455. The van der Waals surface area contributed by atoms with Crippen LogP contribution in [0.4, 0.5) is 0 Å². The molecule has 1 heteroatoms. The van der Waals surface area contributed by atoms with Crippen molar-refractivity contribution >= 4 is 5.57 Å². The van der Waals surface area contributed by atoms with Crippen LogP contribution >= 0.6 is 0 Å². The molecule has 0 aliphatic heterocycles. The Labute approximate surface area is 74.1 Å². The van der Waals surface area contributed by atoms with Crippen LogP contribution in [0.15, 0.2) is 23.3 Å². The molecule has 0 amide bonds. The summed E-state index contributed by atoms with van der Waals surface area (Å²) in [6.07, 6.45) is 5.16. The minimum Gasteiger partial charge on any atom is -0.469 e. The molecule has 0 radical (unpaired) electrons. The van der Waals surface area contributed by atoms with E-state index in [-0.39, 0.29) is 0 Å². The first-order valence-corrected chi connectivity index (χ1v) is 4.62. The average Bonchev–Trinajstić information content (AvgIpc) is 2.57. The van der Waals surface area contributed by atoms with Gasteiger partial charge in [0.15, 0.2) is 0 Å². The summed E-state index contributed by atoms with van der Waals surface area (Å²) < 4.78 is 5.27. The number of hydrogen-bond donors (Lipinski definition) is 0. The molecular weight excluding hydrogens is 148 g/mol. The van der Waals surface area contributed by atoms with Crippen molar-refractivity contribution in [3.63, 3.8) is 0 Å². The molecule has 2 rings (SSSR count). The molecule has 1 aromatic rings. The lowest BCUT2D eigenvalue weighted by Gasteiger charge is -2.10. The second-order valence-electron chi connectivity index (χ2n) is 2.71. The van der Waals surface area contributed by atoms with Crippen LogP contribution in [0.1, 0.15) is 38.0 Å². The maximum Gasteiger partial charge on any atom is 0.111 e. The molecule has 12 heavy (non-hydrogen) atoms. The topological polar surface area (TPSA) is 13.1 Å². The highest BCUT2D eigenvalue weighted by molar-refractivity contribution is 5.66. The highest BCUT2D eigenvalue weighted by Crippen LogP contribution is 2.29. The molecule has 0 bridgehead atoms. The van der Waals surface area contributed by atoms with Crippen molar-refractivity contribution in [2.24, 2.45) is 0 Å². The summed E-state index contributed by atoms with van der Waals surface area (Å²) in [6.45, 7) is 7.97. The smallest absolute Gasteiger partial charge is 0.111 e. The van der Waals surface area contributed by atoms with Gasteiger partial charge in [-0.2, -0.15) is 0 Å². The van der Waals surface area contributed by atoms with Gasteiger partial charge in [0.05, 0.1) is 6.26 Å². The molecular formula is C11H16O. The van der Waals surface area contributed by atoms with E-state index in [9.17, 15) is 0 Å². The second-order valence-corrected chi connectivity index (χ2v) is 2.71. The first kappa shape index (κ1) is 9.11. The van der Waals surface area contributed by atoms with Gasteiger partial charge in [0.25, 0.3) is 0 Å². The van der Waals surface area contributed by atoms with Gasteiger partial charge in [-0.15, -0.1) is 0 Å². The Bertz CT molecular complexity index is 258. The Morgan fingerprint density at radius 2 is 2.08 bits per heavy atom. The number of aryl methyl sites for hydroxylation is 1. The van der Waals surface area contributed by atoms with E-state index in [1.165, 1.54) is 17.6 Å². The van der Waals surface area contributed by atoms with Crippen LogP contribution in [0.5, 0.6) is 0 Å². The summed E-state index contributed by atoms with van der Waals surface area (Å²) in [4.78, 5) is 0. The number of fused-ring (bicyclic) bond motifs is 1. The van der Waals surface area contributed by atoms with Crippen molar-refractivity contribution in [1.29, 1.82) is 0 Å². The summed E-state index contributed by atoms with van der Waals surface area (Å²) in [6, 6.07) is 2.01. The van der Waals surface area contributed by atoms with E-state index < -0.39 is 0 Å². The third-order valence-corrected chi connectivity index (χ3v) is 2.01. The molecule has 0 saturated heterocycles. The van der Waals surface area contributed by atoms with E-state index in [1.807, 2.05) is 19.9 Å². The number of hydrogen-bond acceptors (Lipinski definition) is 1. The van der Waals surface area contributed by atoms with Crippen LogP contribution in [0, 0.1) is 0 Å². The van der Waals surface area contributed by atoms with Gasteiger partial charge in [0, 0.05) is 12.0 Å². The molecule has 1 heterocycles. The van der Waals surface area contributed by atoms with E-state index in [2.05, 4.69) is 6.58 Å². The normalized spacial score (nSPS) is 14.7. The first-order chi connectivity index (χ1) is 5.88. The van der Waals surface area contributed by atoms with Gasteiger partial charge in [-0.3, -0.25) is 0 Å². The summed E-state index contributed by atoms with van der Waals surface area (Å²) in [5.41, 5.74) is 2.47. The minimum atomic E-state index is 1.08. The van der Waals surface area contributed by atoms with E-state index in [4.69, 9.17) is 4.42 Å². The van der Waals surface area contributed by atoms with E-state index in [0.29, 0.717) is 0 Å². The number of allylic oxidation sites excluding steroid dienone is 1. The molecule has 1 nitrogen and oxygen atoms in total. The molecule has 66 valence electrons. The minimum absolute atomic E-state index is 1.08.